The highest BCUT2D eigenvalue weighted by Crippen LogP contribution is 2.29. The number of hydrogen-bond acceptors (Lipinski definition) is 3. The first-order valence-corrected chi connectivity index (χ1v) is 8.38. The van der Waals surface area contributed by atoms with Crippen LogP contribution in [-0.2, 0) is 19.1 Å². The van der Waals surface area contributed by atoms with Crippen LogP contribution in [0.2, 0.25) is 0 Å². The average Bonchev–Trinajstić information content (AvgIpc) is 2.60. The number of halogens is 3. The number of aromatic nitrogens is 1. The Morgan fingerprint density at radius 1 is 1.19 bits per heavy atom. The van der Waals surface area contributed by atoms with Gasteiger partial charge in [0.05, 0.1) is 5.56 Å². The Morgan fingerprint density at radius 3 is 2.63 bits per heavy atom. The summed E-state index contributed by atoms with van der Waals surface area (Å²) in [5, 5.41) is 0. The molecule has 1 aromatic carbocycles. The van der Waals surface area contributed by atoms with Crippen molar-refractivity contribution in [3.8, 4) is 0 Å². The summed E-state index contributed by atoms with van der Waals surface area (Å²) in [6, 6.07) is 5.94. The molecule has 0 saturated carbocycles. The number of Topliss-reactive ketones (excluding diaryl/α,β-unsaturated/α-hetero) is 1. The first-order valence-electron chi connectivity index (χ1n) is 8.38. The van der Waals surface area contributed by atoms with Gasteiger partial charge < -0.3 is 9.88 Å². The Kier molecular flexibility index (Phi) is 4.91. The fourth-order valence-corrected chi connectivity index (χ4v) is 3.13. The number of aromatic amines is 1. The number of amides is 1. The largest absolute Gasteiger partial charge is 0.416 e. The Labute approximate surface area is 152 Å². The van der Waals surface area contributed by atoms with Crippen molar-refractivity contribution < 1.29 is 22.8 Å². The van der Waals surface area contributed by atoms with Gasteiger partial charge in [-0.15, -0.1) is 0 Å². The average molecular weight is 378 g/mol. The van der Waals surface area contributed by atoms with Gasteiger partial charge in [0.25, 0.3) is 11.5 Å². The minimum atomic E-state index is -4.48. The molecule has 1 heterocycles. The van der Waals surface area contributed by atoms with Crippen LogP contribution in [0.15, 0.2) is 35.1 Å². The van der Waals surface area contributed by atoms with Crippen LogP contribution in [0.1, 0.15) is 50.4 Å². The van der Waals surface area contributed by atoms with Gasteiger partial charge in [-0.2, -0.15) is 13.2 Å². The van der Waals surface area contributed by atoms with Crippen molar-refractivity contribution in [2.24, 2.45) is 0 Å². The number of ketones is 1. The number of aryl methyl sites for hydroxylation is 1. The fourth-order valence-electron chi connectivity index (χ4n) is 3.13. The van der Waals surface area contributed by atoms with Crippen molar-refractivity contribution in [2.45, 2.75) is 32.0 Å². The molecule has 0 bridgehead atoms. The van der Waals surface area contributed by atoms with Gasteiger partial charge in [0.1, 0.15) is 5.56 Å². The predicted octanol–water partition coefficient (Wildman–Crippen LogP) is 3.18. The predicted molar refractivity (Wildman–Crippen MR) is 91.6 cm³/mol. The number of H-pyrrole nitrogens is 1. The normalized spacial score (nSPS) is 14.0. The SMILES string of the molecule is CN(Cc1cccc(C(F)(F)F)c1)C(=O)c1cc2c([nH]c1=O)CCCC2=O. The van der Waals surface area contributed by atoms with Crippen molar-refractivity contribution in [2.75, 3.05) is 7.05 Å². The molecule has 0 radical (unpaired) electrons. The van der Waals surface area contributed by atoms with Gasteiger partial charge in [-0.25, -0.2) is 0 Å². The van der Waals surface area contributed by atoms with Crippen LogP contribution in [0.3, 0.4) is 0 Å². The lowest BCUT2D eigenvalue weighted by molar-refractivity contribution is -0.137. The molecule has 0 fully saturated rings. The van der Waals surface area contributed by atoms with E-state index in [4.69, 9.17) is 0 Å². The van der Waals surface area contributed by atoms with Crippen molar-refractivity contribution in [3.05, 3.63) is 68.6 Å². The van der Waals surface area contributed by atoms with Gasteiger partial charge in [0.15, 0.2) is 5.78 Å². The maximum atomic E-state index is 12.8. The highest BCUT2D eigenvalue weighted by atomic mass is 19.4. The van der Waals surface area contributed by atoms with E-state index < -0.39 is 23.2 Å². The molecule has 1 aliphatic rings. The van der Waals surface area contributed by atoms with Gasteiger partial charge in [0.2, 0.25) is 0 Å². The molecule has 5 nitrogen and oxygen atoms in total. The van der Waals surface area contributed by atoms with E-state index in [1.54, 1.807) is 0 Å². The van der Waals surface area contributed by atoms with Crippen LogP contribution in [0.5, 0.6) is 0 Å². The zero-order valence-electron chi connectivity index (χ0n) is 14.5. The molecule has 8 heteroatoms. The van der Waals surface area contributed by atoms with E-state index in [0.717, 1.165) is 17.0 Å². The number of alkyl halides is 3. The van der Waals surface area contributed by atoms with Gasteiger partial charge in [-0.3, -0.25) is 14.4 Å². The maximum Gasteiger partial charge on any atom is 0.416 e. The van der Waals surface area contributed by atoms with E-state index in [9.17, 15) is 27.6 Å². The number of benzene rings is 1. The Morgan fingerprint density at radius 2 is 1.93 bits per heavy atom. The second-order valence-electron chi connectivity index (χ2n) is 6.54. The second kappa shape index (κ2) is 7.02. The Balaban J connectivity index is 1.85. The van der Waals surface area contributed by atoms with E-state index in [-0.39, 0.29) is 23.5 Å². The zero-order valence-corrected chi connectivity index (χ0v) is 14.5. The van der Waals surface area contributed by atoms with Gasteiger partial charge in [0, 0.05) is 31.3 Å². The topological polar surface area (TPSA) is 70.2 Å². The Hall–Kier alpha value is -2.90. The third kappa shape index (κ3) is 3.94. The molecule has 1 aliphatic carbocycles. The molecule has 0 spiro atoms. The van der Waals surface area contributed by atoms with Crippen molar-refractivity contribution in [1.29, 1.82) is 0 Å². The third-order valence-corrected chi connectivity index (χ3v) is 4.51. The number of pyridine rings is 1. The number of rotatable bonds is 3. The van der Waals surface area contributed by atoms with Crippen LogP contribution in [0.25, 0.3) is 0 Å². The molecule has 1 N–H and O–H groups in total. The quantitative estimate of drug-likeness (QED) is 0.892. The summed E-state index contributed by atoms with van der Waals surface area (Å²) in [6.45, 7) is -0.104. The summed E-state index contributed by atoms with van der Waals surface area (Å²) in [5.41, 5.74) is -0.475. The monoisotopic (exact) mass is 378 g/mol. The summed E-state index contributed by atoms with van der Waals surface area (Å²) < 4.78 is 38.5. The highest BCUT2D eigenvalue weighted by molar-refractivity contribution is 6.01. The molecule has 2 aromatic rings. The van der Waals surface area contributed by atoms with Gasteiger partial charge >= 0.3 is 6.18 Å². The minimum absolute atomic E-state index is 0.104. The number of nitrogens with zero attached hydrogens (tertiary/aromatic N) is 1. The first-order chi connectivity index (χ1) is 12.7. The molecule has 1 amide bonds. The molecule has 3 rings (SSSR count). The van der Waals surface area contributed by atoms with E-state index in [1.165, 1.54) is 25.2 Å². The summed E-state index contributed by atoms with van der Waals surface area (Å²) in [6.07, 6.45) is -2.92. The zero-order chi connectivity index (χ0) is 19.8. The molecule has 1 aromatic heterocycles. The fraction of sp³-hybridized carbons (Fsp3) is 0.316. The van der Waals surface area contributed by atoms with Crippen LogP contribution in [0, 0.1) is 0 Å². The van der Waals surface area contributed by atoms with E-state index in [2.05, 4.69) is 4.98 Å². The number of hydrogen-bond donors (Lipinski definition) is 1. The number of carbonyl (C=O) groups excluding carboxylic acids is 2. The molecule has 142 valence electrons. The number of nitrogens with one attached hydrogen (secondary N) is 1. The summed E-state index contributed by atoms with van der Waals surface area (Å²) in [4.78, 5) is 40.6. The van der Waals surface area contributed by atoms with Crippen LogP contribution < -0.4 is 5.56 Å². The number of carbonyl (C=O) groups is 2. The second-order valence-corrected chi connectivity index (χ2v) is 6.54. The molecule has 0 unspecified atom stereocenters. The highest BCUT2D eigenvalue weighted by Gasteiger charge is 2.30. The third-order valence-electron chi connectivity index (χ3n) is 4.51. The molecular weight excluding hydrogens is 361 g/mol. The van der Waals surface area contributed by atoms with Crippen molar-refractivity contribution >= 4 is 11.7 Å². The standard InChI is InChI=1S/C19H17F3N2O3/c1-24(10-11-4-2-5-12(8-11)19(20,21)22)18(27)14-9-13-15(23-17(14)26)6-3-7-16(13)25/h2,4-5,8-9H,3,6-7,10H2,1H3,(H,23,26). The van der Waals surface area contributed by atoms with Crippen LogP contribution >= 0.6 is 0 Å². The van der Waals surface area contributed by atoms with Crippen LogP contribution in [-0.4, -0.2) is 28.6 Å². The first kappa shape index (κ1) is 18.9. The molecule has 0 aliphatic heterocycles. The molecule has 0 atom stereocenters. The summed E-state index contributed by atoms with van der Waals surface area (Å²) >= 11 is 0. The van der Waals surface area contributed by atoms with Crippen molar-refractivity contribution in [1.82, 2.24) is 9.88 Å². The lowest BCUT2D eigenvalue weighted by Crippen LogP contribution is -2.33. The lowest BCUT2D eigenvalue weighted by atomic mass is 9.93. The van der Waals surface area contributed by atoms with E-state index >= 15 is 0 Å². The summed E-state index contributed by atoms with van der Waals surface area (Å²) in [5.74, 6) is -0.795. The molecule has 0 saturated heterocycles. The molecular formula is C19H17F3N2O3. The van der Waals surface area contributed by atoms with Crippen molar-refractivity contribution in [3.63, 3.8) is 0 Å². The summed E-state index contributed by atoms with van der Waals surface area (Å²) in [7, 11) is 1.39. The number of fused-ring (bicyclic) bond motifs is 1. The van der Waals surface area contributed by atoms with Gasteiger partial charge in [-0.05, 0) is 36.6 Å². The van der Waals surface area contributed by atoms with Gasteiger partial charge in [-0.1, -0.05) is 12.1 Å². The minimum Gasteiger partial charge on any atom is -0.337 e. The Bertz CT molecular complexity index is 963. The maximum absolute atomic E-state index is 12.8. The van der Waals surface area contributed by atoms with E-state index in [0.29, 0.717) is 30.5 Å². The lowest BCUT2D eigenvalue weighted by Gasteiger charge is -2.20. The molecule has 27 heavy (non-hydrogen) atoms. The smallest absolute Gasteiger partial charge is 0.337 e. The van der Waals surface area contributed by atoms with E-state index in [1.807, 2.05) is 0 Å². The van der Waals surface area contributed by atoms with Crippen LogP contribution in [0.4, 0.5) is 13.2 Å².